The van der Waals surface area contributed by atoms with Crippen LogP contribution >= 0.6 is 15.9 Å². The van der Waals surface area contributed by atoms with Crippen molar-refractivity contribution in [3.63, 3.8) is 0 Å². The lowest BCUT2D eigenvalue weighted by Crippen LogP contribution is -2.84. The van der Waals surface area contributed by atoms with Crippen LogP contribution in [0.4, 0.5) is 0 Å². The second-order valence-electron chi connectivity index (χ2n) is 4.72. The molecule has 1 aliphatic heterocycles. The first-order chi connectivity index (χ1) is 8.18. The summed E-state index contributed by atoms with van der Waals surface area (Å²) >= 11 is 3.43. The lowest BCUT2D eigenvalue weighted by Gasteiger charge is -2.04. The molecule has 17 heavy (non-hydrogen) atoms. The van der Waals surface area contributed by atoms with Gasteiger partial charge >= 0.3 is 0 Å². The number of hydrogen-bond donors (Lipinski definition) is 3. The largest absolute Gasteiger partial charge is 0.506 e. The normalized spacial score (nSPS) is 15.9. The number of aromatic nitrogens is 1. The second-order valence-corrected chi connectivity index (χ2v) is 5.58. The van der Waals surface area contributed by atoms with Crippen molar-refractivity contribution in [1.29, 1.82) is 0 Å². The van der Waals surface area contributed by atoms with Crippen LogP contribution in [0.1, 0.15) is 16.8 Å². The minimum Gasteiger partial charge on any atom is -0.506 e. The maximum absolute atomic E-state index is 10.2. The summed E-state index contributed by atoms with van der Waals surface area (Å²) in [6, 6.07) is 1.97. The van der Waals surface area contributed by atoms with Crippen LogP contribution in [0.2, 0.25) is 0 Å². The quantitative estimate of drug-likeness (QED) is 0.679. The molecular formula is C13H16BrN2O+. The summed E-state index contributed by atoms with van der Waals surface area (Å²) in [6.07, 6.45) is 2.08. The van der Waals surface area contributed by atoms with Crippen LogP contribution < -0.4 is 5.32 Å². The first kappa shape index (κ1) is 11.1. The fourth-order valence-corrected chi connectivity index (χ4v) is 3.27. The molecule has 0 radical (unpaired) electrons. The van der Waals surface area contributed by atoms with Crippen LogP contribution in [0.5, 0.6) is 5.75 Å². The fourth-order valence-electron chi connectivity index (χ4n) is 2.72. The highest BCUT2D eigenvalue weighted by Gasteiger charge is 2.20. The molecule has 0 unspecified atom stereocenters. The molecule has 0 amide bonds. The molecule has 3 nitrogen and oxygen atoms in total. The van der Waals surface area contributed by atoms with E-state index in [0.717, 1.165) is 41.3 Å². The first-order valence-corrected chi connectivity index (χ1v) is 6.81. The summed E-state index contributed by atoms with van der Waals surface area (Å²) in [4.78, 5) is 3.49. The van der Waals surface area contributed by atoms with Gasteiger partial charge in [0.05, 0.1) is 23.1 Å². The van der Waals surface area contributed by atoms with Gasteiger partial charge in [-0.2, -0.15) is 0 Å². The Labute approximate surface area is 108 Å². The Bertz CT molecular complexity index is 589. The van der Waals surface area contributed by atoms with E-state index in [-0.39, 0.29) is 0 Å². The molecule has 0 saturated heterocycles. The van der Waals surface area contributed by atoms with E-state index in [2.05, 4.69) is 33.2 Å². The zero-order valence-electron chi connectivity index (χ0n) is 9.81. The van der Waals surface area contributed by atoms with Gasteiger partial charge in [-0.3, -0.25) is 0 Å². The molecule has 1 aliphatic rings. The van der Waals surface area contributed by atoms with E-state index in [0.29, 0.717) is 5.75 Å². The van der Waals surface area contributed by atoms with Crippen molar-refractivity contribution in [1.82, 2.24) is 4.98 Å². The Hall–Kier alpha value is -1.00. The van der Waals surface area contributed by atoms with Gasteiger partial charge in [0.15, 0.2) is 0 Å². The lowest BCUT2D eigenvalue weighted by atomic mass is 10.0. The number of hydrogen-bond acceptors (Lipinski definition) is 1. The number of quaternary nitrogens is 1. The standard InChI is InChI=1S/C13H15BrN2O/c1-7-6-9(14)13(17)11-8-2-4-15-5-3-10(8)16-12(7)11/h6,15-17H,2-5H2,1H3/p+1. The monoisotopic (exact) mass is 295 g/mol. The van der Waals surface area contributed by atoms with Crippen molar-refractivity contribution in [3.8, 4) is 5.75 Å². The number of phenolic OH excluding ortho intramolecular Hbond substituents is 1. The molecule has 0 spiro atoms. The first-order valence-electron chi connectivity index (χ1n) is 6.01. The Kier molecular flexibility index (Phi) is 2.64. The molecule has 3 rings (SSSR count). The second kappa shape index (κ2) is 4.03. The van der Waals surface area contributed by atoms with Gasteiger partial charge in [-0.05, 0) is 40.0 Å². The minimum atomic E-state index is 0.380. The number of phenols is 1. The number of aromatic amines is 1. The number of nitrogens with one attached hydrogen (secondary N) is 1. The smallest absolute Gasteiger partial charge is 0.139 e. The SMILES string of the molecule is Cc1cc(Br)c(O)c2c3c([nH]c12)CC[NH2+]CC3. The Morgan fingerprint density at radius 2 is 2.12 bits per heavy atom. The van der Waals surface area contributed by atoms with Crippen LogP contribution in [0, 0.1) is 6.92 Å². The van der Waals surface area contributed by atoms with E-state index in [1.807, 2.05) is 6.07 Å². The van der Waals surface area contributed by atoms with Crippen molar-refractivity contribution in [2.45, 2.75) is 19.8 Å². The third kappa shape index (κ3) is 1.67. The number of fused-ring (bicyclic) bond motifs is 3. The Morgan fingerprint density at radius 3 is 2.94 bits per heavy atom. The molecule has 0 fully saturated rings. The number of H-pyrrole nitrogens is 1. The van der Waals surface area contributed by atoms with Crippen molar-refractivity contribution < 1.29 is 10.4 Å². The van der Waals surface area contributed by atoms with Crippen molar-refractivity contribution in [2.24, 2.45) is 0 Å². The molecule has 2 aromatic rings. The molecular weight excluding hydrogens is 280 g/mol. The van der Waals surface area contributed by atoms with Gasteiger partial charge in [-0.15, -0.1) is 0 Å². The van der Waals surface area contributed by atoms with E-state index >= 15 is 0 Å². The third-order valence-electron chi connectivity index (χ3n) is 3.59. The molecule has 4 heteroatoms. The Morgan fingerprint density at radius 1 is 1.35 bits per heavy atom. The zero-order chi connectivity index (χ0) is 12.0. The average molecular weight is 296 g/mol. The lowest BCUT2D eigenvalue weighted by molar-refractivity contribution is -0.652. The van der Waals surface area contributed by atoms with E-state index in [4.69, 9.17) is 0 Å². The van der Waals surface area contributed by atoms with Crippen LogP contribution in [-0.2, 0) is 12.8 Å². The van der Waals surface area contributed by atoms with Gasteiger partial charge in [0.2, 0.25) is 0 Å². The summed E-state index contributed by atoms with van der Waals surface area (Å²) in [7, 11) is 0. The van der Waals surface area contributed by atoms with Crippen LogP contribution in [0.25, 0.3) is 10.9 Å². The molecule has 90 valence electrons. The maximum Gasteiger partial charge on any atom is 0.139 e. The number of nitrogens with two attached hydrogens (primary N) is 1. The molecule has 1 aromatic carbocycles. The van der Waals surface area contributed by atoms with Gasteiger partial charge in [0.25, 0.3) is 0 Å². The number of benzene rings is 1. The van der Waals surface area contributed by atoms with Gasteiger partial charge < -0.3 is 15.4 Å². The number of halogens is 1. The zero-order valence-corrected chi connectivity index (χ0v) is 11.4. The molecule has 0 atom stereocenters. The Balaban J connectivity index is 2.36. The van der Waals surface area contributed by atoms with Crippen LogP contribution in [0.3, 0.4) is 0 Å². The van der Waals surface area contributed by atoms with E-state index in [1.54, 1.807) is 0 Å². The topological polar surface area (TPSA) is 52.6 Å². The van der Waals surface area contributed by atoms with Crippen LogP contribution in [-0.4, -0.2) is 23.2 Å². The molecule has 4 N–H and O–H groups in total. The predicted molar refractivity (Wildman–Crippen MR) is 71.5 cm³/mol. The summed E-state index contributed by atoms with van der Waals surface area (Å²) in [6.45, 7) is 4.31. The fraction of sp³-hybridized carbons (Fsp3) is 0.385. The predicted octanol–water partition coefficient (Wildman–Crippen LogP) is 1.61. The van der Waals surface area contributed by atoms with Gasteiger partial charge in [-0.25, -0.2) is 0 Å². The summed E-state index contributed by atoms with van der Waals surface area (Å²) < 4.78 is 0.789. The van der Waals surface area contributed by atoms with Crippen molar-refractivity contribution >= 4 is 26.8 Å². The maximum atomic E-state index is 10.2. The van der Waals surface area contributed by atoms with E-state index in [9.17, 15) is 5.11 Å². The molecule has 1 aromatic heterocycles. The summed E-state index contributed by atoms with van der Waals surface area (Å²) in [5, 5.41) is 13.6. The summed E-state index contributed by atoms with van der Waals surface area (Å²) in [5.74, 6) is 0.380. The third-order valence-corrected chi connectivity index (χ3v) is 4.19. The van der Waals surface area contributed by atoms with Crippen molar-refractivity contribution in [3.05, 3.63) is 27.4 Å². The molecule has 0 aliphatic carbocycles. The van der Waals surface area contributed by atoms with Crippen molar-refractivity contribution in [2.75, 3.05) is 13.1 Å². The number of aromatic hydroxyl groups is 1. The highest BCUT2D eigenvalue weighted by Crippen LogP contribution is 2.38. The molecule has 0 saturated carbocycles. The average Bonchev–Trinajstić information content (AvgIpc) is 2.51. The highest BCUT2D eigenvalue weighted by atomic mass is 79.9. The van der Waals surface area contributed by atoms with Gasteiger partial charge in [0, 0.05) is 23.9 Å². The van der Waals surface area contributed by atoms with Crippen LogP contribution in [0.15, 0.2) is 10.5 Å². The summed E-state index contributed by atoms with van der Waals surface area (Å²) in [5.41, 5.74) is 4.88. The van der Waals surface area contributed by atoms with E-state index in [1.165, 1.54) is 16.8 Å². The highest BCUT2D eigenvalue weighted by molar-refractivity contribution is 9.10. The van der Waals surface area contributed by atoms with Gasteiger partial charge in [-0.1, -0.05) is 0 Å². The number of rotatable bonds is 0. The van der Waals surface area contributed by atoms with E-state index < -0.39 is 0 Å². The van der Waals surface area contributed by atoms with Gasteiger partial charge in [0.1, 0.15) is 5.75 Å². The minimum absolute atomic E-state index is 0.380. The molecule has 2 heterocycles. The number of aryl methyl sites for hydroxylation is 1. The molecule has 0 bridgehead atoms.